The van der Waals surface area contributed by atoms with Gasteiger partial charge in [-0.3, -0.25) is 4.90 Å². The minimum Gasteiger partial charge on any atom is -0.383 e. The lowest BCUT2D eigenvalue weighted by Crippen LogP contribution is -2.44. The van der Waals surface area contributed by atoms with E-state index in [-0.39, 0.29) is 0 Å². The summed E-state index contributed by atoms with van der Waals surface area (Å²) in [5, 5.41) is 3.63. The molecular formula is C12H24N2O. The molecule has 0 aromatic heterocycles. The van der Waals surface area contributed by atoms with Gasteiger partial charge in [0.05, 0.1) is 6.61 Å². The van der Waals surface area contributed by atoms with Gasteiger partial charge in [-0.05, 0) is 33.1 Å². The number of hydrogen-bond donors (Lipinski definition) is 1. The molecule has 3 atom stereocenters. The second-order valence-corrected chi connectivity index (χ2v) is 5.13. The number of ether oxygens (including phenoxy) is 1. The summed E-state index contributed by atoms with van der Waals surface area (Å²) >= 11 is 0. The minimum absolute atomic E-state index is 0.705. The average molecular weight is 212 g/mol. The number of nitrogens with one attached hydrogen (secondary N) is 1. The van der Waals surface area contributed by atoms with Crippen LogP contribution in [-0.2, 0) is 4.74 Å². The number of fused-ring (bicyclic) bond motifs is 2. The molecule has 15 heavy (non-hydrogen) atoms. The van der Waals surface area contributed by atoms with E-state index in [9.17, 15) is 0 Å². The van der Waals surface area contributed by atoms with Crippen LogP contribution in [0, 0.1) is 0 Å². The van der Waals surface area contributed by atoms with Crippen molar-refractivity contribution in [3.8, 4) is 0 Å². The van der Waals surface area contributed by atoms with E-state index >= 15 is 0 Å². The maximum atomic E-state index is 5.08. The predicted octanol–water partition coefficient (Wildman–Crippen LogP) is 1.24. The van der Waals surface area contributed by atoms with Crippen molar-refractivity contribution in [2.75, 3.05) is 20.3 Å². The lowest BCUT2D eigenvalue weighted by Gasteiger charge is -2.28. The fourth-order valence-corrected chi connectivity index (χ4v) is 3.40. The summed E-state index contributed by atoms with van der Waals surface area (Å²) in [6, 6.07) is 3.04. The molecule has 2 heterocycles. The van der Waals surface area contributed by atoms with Crippen molar-refractivity contribution in [1.29, 1.82) is 0 Å². The van der Waals surface area contributed by atoms with Crippen LogP contribution in [-0.4, -0.2) is 49.3 Å². The molecule has 3 heteroatoms. The molecule has 0 aromatic carbocycles. The molecule has 88 valence electrons. The topological polar surface area (TPSA) is 24.5 Å². The van der Waals surface area contributed by atoms with Gasteiger partial charge in [-0.15, -0.1) is 0 Å². The van der Waals surface area contributed by atoms with E-state index in [4.69, 9.17) is 4.74 Å². The first-order valence-corrected chi connectivity index (χ1v) is 6.23. The maximum Gasteiger partial charge on any atom is 0.0587 e. The summed E-state index contributed by atoms with van der Waals surface area (Å²) in [6.07, 6.45) is 4.13. The lowest BCUT2D eigenvalue weighted by molar-refractivity contribution is 0.179. The summed E-state index contributed by atoms with van der Waals surface area (Å²) in [5.74, 6) is 0. The van der Waals surface area contributed by atoms with Crippen molar-refractivity contribution in [3.63, 3.8) is 0 Å². The van der Waals surface area contributed by atoms with Crippen molar-refractivity contribution >= 4 is 0 Å². The van der Waals surface area contributed by atoms with E-state index in [1.165, 1.54) is 19.3 Å². The van der Waals surface area contributed by atoms with Crippen molar-refractivity contribution in [2.24, 2.45) is 0 Å². The molecule has 3 nitrogen and oxygen atoms in total. The summed E-state index contributed by atoms with van der Waals surface area (Å²) < 4.78 is 5.08. The third-order valence-electron chi connectivity index (χ3n) is 3.90. The van der Waals surface area contributed by atoms with E-state index in [1.807, 2.05) is 0 Å². The van der Waals surface area contributed by atoms with Crippen LogP contribution in [0.3, 0.4) is 0 Å². The molecule has 2 aliphatic rings. The highest BCUT2D eigenvalue weighted by Gasteiger charge is 2.46. The molecule has 0 aliphatic carbocycles. The molecule has 0 aromatic rings. The predicted molar refractivity (Wildman–Crippen MR) is 62.1 cm³/mol. The number of methoxy groups -OCH3 is 1. The lowest BCUT2D eigenvalue weighted by atomic mass is 9.95. The summed E-state index contributed by atoms with van der Waals surface area (Å²) in [7, 11) is 1.77. The van der Waals surface area contributed by atoms with Crippen LogP contribution >= 0.6 is 0 Å². The van der Waals surface area contributed by atoms with Crippen LogP contribution in [0.5, 0.6) is 0 Å². The molecule has 0 spiro atoms. The van der Waals surface area contributed by atoms with Crippen LogP contribution in [0.2, 0.25) is 0 Å². The summed E-state index contributed by atoms with van der Waals surface area (Å²) in [4.78, 5) is 2.71. The van der Waals surface area contributed by atoms with Crippen LogP contribution in [0.25, 0.3) is 0 Å². The Hall–Kier alpha value is -0.120. The van der Waals surface area contributed by atoms with E-state index < -0.39 is 0 Å². The van der Waals surface area contributed by atoms with Crippen molar-refractivity contribution < 1.29 is 4.74 Å². The molecule has 2 fully saturated rings. The van der Waals surface area contributed by atoms with E-state index in [0.717, 1.165) is 25.2 Å². The fraction of sp³-hybridized carbons (Fsp3) is 1.00. The molecular weight excluding hydrogens is 188 g/mol. The van der Waals surface area contributed by atoms with Crippen molar-refractivity contribution in [1.82, 2.24) is 10.2 Å². The summed E-state index contributed by atoms with van der Waals surface area (Å²) in [5.41, 5.74) is 0. The Balaban J connectivity index is 1.85. The zero-order valence-electron chi connectivity index (χ0n) is 10.2. The standard InChI is InChI=1S/C12H24N2O/c1-9(2)14-10-4-5-12(14)11(8-10)13-6-7-15-3/h9-13H,4-8H2,1-3H3/t10-,11?,12+/m1/s1. The first-order chi connectivity index (χ1) is 7.24. The molecule has 0 amide bonds. The average Bonchev–Trinajstić information content (AvgIpc) is 2.74. The fourth-order valence-electron chi connectivity index (χ4n) is 3.40. The Morgan fingerprint density at radius 1 is 1.40 bits per heavy atom. The Morgan fingerprint density at radius 2 is 2.20 bits per heavy atom. The van der Waals surface area contributed by atoms with E-state index in [1.54, 1.807) is 7.11 Å². The summed E-state index contributed by atoms with van der Waals surface area (Å²) in [6.45, 7) is 6.47. The Bertz CT molecular complexity index is 208. The molecule has 2 rings (SSSR count). The van der Waals surface area contributed by atoms with Gasteiger partial charge in [0.1, 0.15) is 0 Å². The van der Waals surface area contributed by atoms with E-state index in [0.29, 0.717) is 12.1 Å². The monoisotopic (exact) mass is 212 g/mol. The smallest absolute Gasteiger partial charge is 0.0587 e. The second-order valence-electron chi connectivity index (χ2n) is 5.13. The normalized spacial score (nSPS) is 35.6. The van der Waals surface area contributed by atoms with Crippen LogP contribution in [0.4, 0.5) is 0 Å². The van der Waals surface area contributed by atoms with Gasteiger partial charge in [0.2, 0.25) is 0 Å². The quantitative estimate of drug-likeness (QED) is 0.694. The molecule has 2 bridgehead atoms. The molecule has 0 saturated carbocycles. The number of nitrogens with zero attached hydrogens (tertiary/aromatic N) is 1. The van der Waals surface area contributed by atoms with Crippen LogP contribution < -0.4 is 5.32 Å². The van der Waals surface area contributed by atoms with Gasteiger partial charge >= 0.3 is 0 Å². The van der Waals surface area contributed by atoms with Gasteiger partial charge in [0.25, 0.3) is 0 Å². The Labute approximate surface area is 93.2 Å². The van der Waals surface area contributed by atoms with Gasteiger partial charge < -0.3 is 10.1 Å². The van der Waals surface area contributed by atoms with Crippen molar-refractivity contribution in [2.45, 2.75) is 57.3 Å². The first kappa shape index (κ1) is 11.4. The zero-order valence-corrected chi connectivity index (χ0v) is 10.2. The highest BCUT2D eigenvalue weighted by Crippen LogP contribution is 2.38. The molecule has 2 aliphatic heterocycles. The van der Waals surface area contributed by atoms with Gasteiger partial charge in [-0.1, -0.05) is 0 Å². The van der Waals surface area contributed by atoms with Crippen LogP contribution in [0.15, 0.2) is 0 Å². The Morgan fingerprint density at radius 3 is 2.80 bits per heavy atom. The third kappa shape index (κ3) is 2.19. The number of rotatable bonds is 5. The maximum absolute atomic E-state index is 5.08. The molecule has 1 unspecified atom stereocenters. The SMILES string of the molecule is COCCNC1C[C@H]2CC[C@@H]1N2C(C)C. The number of hydrogen-bond acceptors (Lipinski definition) is 3. The highest BCUT2D eigenvalue weighted by atomic mass is 16.5. The zero-order chi connectivity index (χ0) is 10.8. The molecule has 1 N–H and O–H groups in total. The second kappa shape index (κ2) is 4.81. The van der Waals surface area contributed by atoms with E-state index in [2.05, 4.69) is 24.1 Å². The first-order valence-electron chi connectivity index (χ1n) is 6.23. The largest absolute Gasteiger partial charge is 0.383 e. The molecule has 2 saturated heterocycles. The van der Waals surface area contributed by atoms with Crippen molar-refractivity contribution in [3.05, 3.63) is 0 Å². The van der Waals surface area contributed by atoms with Gasteiger partial charge in [0, 0.05) is 37.8 Å². The van der Waals surface area contributed by atoms with Gasteiger partial charge in [0.15, 0.2) is 0 Å². The Kier molecular flexibility index (Phi) is 3.65. The van der Waals surface area contributed by atoms with Gasteiger partial charge in [-0.25, -0.2) is 0 Å². The minimum atomic E-state index is 0.705. The third-order valence-corrected chi connectivity index (χ3v) is 3.90. The molecule has 0 radical (unpaired) electrons. The van der Waals surface area contributed by atoms with Gasteiger partial charge in [-0.2, -0.15) is 0 Å². The highest BCUT2D eigenvalue weighted by molar-refractivity contribution is 5.04. The van der Waals surface area contributed by atoms with Crippen LogP contribution in [0.1, 0.15) is 33.1 Å².